The van der Waals surface area contributed by atoms with Crippen molar-refractivity contribution in [3.05, 3.63) is 24.2 Å². The number of aliphatic imine (C=N–C) groups is 1. The topological polar surface area (TPSA) is 85.6 Å². The zero-order valence-electron chi connectivity index (χ0n) is 16.5. The van der Waals surface area contributed by atoms with Gasteiger partial charge >= 0.3 is 0 Å². The minimum atomic E-state index is 0.562. The fourth-order valence-electron chi connectivity index (χ4n) is 5.31. The highest BCUT2D eigenvalue weighted by atomic mass is 16.3. The Balaban J connectivity index is 1.13. The second-order valence-corrected chi connectivity index (χ2v) is 8.25. The van der Waals surface area contributed by atoms with Crippen molar-refractivity contribution < 1.29 is 4.42 Å². The summed E-state index contributed by atoms with van der Waals surface area (Å²) in [5.74, 6) is 4.93. The summed E-state index contributed by atoms with van der Waals surface area (Å²) < 4.78 is 5.34. The second-order valence-electron chi connectivity index (χ2n) is 8.25. The Morgan fingerprint density at radius 2 is 2.18 bits per heavy atom. The van der Waals surface area contributed by atoms with E-state index in [1.807, 2.05) is 19.2 Å². The summed E-state index contributed by atoms with van der Waals surface area (Å²) in [4.78, 5) is 14.1. The molecule has 8 nitrogen and oxygen atoms in total. The molecule has 150 valence electrons. The van der Waals surface area contributed by atoms with Gasteiger partial charge in [0, 0.05) is 39.3 Å². The van der Waals surface area contributed by atoms with Crippen LogP contribution in [0.3, 0.4) is 0 Å². The lowest BCUT2D eigenvalue weighted by Gasteiger charge is -2.41. The molecule has 3 unspecified atom stereocenters. The number of nitrogens with zero attached hydrogens (tertiary/aromatic N) is 5. The fraction of sp³-hybridized carbons (Fsp3) is 0.650. The first kappa shape index (κ1) is 17.7. The Bertz CT molecular complexity index is 806. The third-order valence-corrected chi connectivity index (χ3v) is 6.68. The van der Waals surface area contributed by atoms with Crippen LogP contribution in [0.2, 0.25) is 0 Å². The fourth-order valence-corrected chi connectivity index (χ4v) is 5.31. The molecule has 3 aliphatic rings. The molecule has 2 saturated carbocycles. The number of fused-ring (bicyclic) bond motifs is 2. The van der Waals surface area contributed by atoms with Crippen molar-refractivity contribution in [1.29, 1.82) is 0 Å². The van der Waals surface area contributed by atoms with Gasteiger partial charge in [-0.3, -0.25) is 15.0 Å². The van der Waals surface area contributed by atoms with Crippen molar-refractivity contribution in [2.75, 3.05) is 33.2 Å². The highest BCUT2D eigenvalue weighted by Crippen LogP contribution is 2.46. The lowest BCUT2D eigenvalue weighted by atomic mass is 9.93. The maximum Gasteiger partial charge on any atom is 0.216 e. The number of nitrogens with one attached hydrogen (secondary N) is 2. The molecule has 1 saturated heterocycles. The van der Waals surface area contributed by atoms with Crippen LogP contribution in [-0.4, -0.2) is 70.2 Å². The first-order valence-electron chi connectivity index (χ1n) is 10.4. The van der Waals surface area contributed by atoms with Crippen LogP contribution in [0.4, 0.5) is 0 Å². The predicted octanol–water partition coefficient (Wildman–Crippen LogP) is 1.95. The Morgan fingerprint density at radius 1 is 1.29 bits per heavy atom. The maximum absolute atomic E-state index is 5.34. The van der Waals surface area contributed by atoms with E-state index in [1.165, 1.54) is 25.7 Å². The average Bonchev–Trinajstić information content (AvgIpc) is 3.53. The standard InChI is InChI=1S/C20H29N7O/c1-21-20(22-13-18-23-19(25-24-18)17-3-2-10-28-17)27-8-6-26(7-9-27)16-12-14-4-5-15(16)11-14/h2-3,10,14-16H,4-9,11-13H2,1H3,(H,21,22)(H,23,24,25). The number of aromatic amines is 1. The summed E-state index contributed by atoms with van der Waals surface area (Å²) in [6.45, 7) is 4.90. The zero-order valence-corrected chi connectivity index (χ0v) is 16.5. The lowest BCUT2D eigenvalue weighted by molar-refractivity contribution is 0.0958. The van der Waals surface area contributed by atoms with Crippen molar-refractivity contribution in [3.8, 4) is 11.6 Å². The molecule has 3 atom stereocenters. The summed E-state index contributed by atoms with van der Waals surface area (Å²) in [5.41, 5.74) is 0. The Kier molecular flexibility index (Phi) is 4.80. The first-order chi connectivity index (χ1) is 13.8. The smallest absolute Gasteiger partial charge is 0.216 e. The van der Waals surface area contributed by atoms with Crippen LogP contribution in [0.5, 0.6) is 0 Å². The molecule has 3 fully saturated rings. The molecular weight excluding hydrogens is 354 g/mol. The molecular formula is C20H29N7O. The van der Waals surface area contributed by atoms with Gasteiger partial charge in [0.25, 0.3) is 0 Å². The third kappa shape index (κ3) is 3.41. The van der Waals surface area contributed by atoms with Gasteiger partial charge in [-0.15, -0.1) is 5.10 Å². The van der Waals surface area contributed by atoms with Gasteiger partial charge in [0.1, 0.15) is 5.82 Å². The molecule has 2 bridgehead atoms. The van der Waals surface area contributed by atoms with Crippen molar-refractivity contribution in [3.63, 3.8) is 0 Å². The molecule has 2 N–H and O–H groups in total. The van der Waals surface area contributed by atoms with E-state index in [4.69, 9.17) is 4.42 Å². The molecule has 0 spiro atoms. The van der Waals surface area contributed by atoms with Crippen molar-refractivity contribution >= 4 is 5.96 Å². The Labute approximate surface area is 165 Å². The van der Waals surface area contributed by atoms with E-state index in [-0.39, 0.29) is 0 Å². The minimum Gasteiger partial charge on any atom is -0.461 e. The van der Waals surface area contributed by atoms with Crippen molar-refractivity contribution in [1.82, 2.24) is 30.3 Å². The highest BCUT2D eigenvalue weighted by Gasteiger charge is 2.42. The summed E-state index contributed by atoms with van der Waals surface area (Å²) >= 11 is 0. The van der Waals surface area contributed by atoms with Gasteiger partial charge in [0.05, 0.1) is 12.8 Å². The van der Waals surface area contributed by atoms with Gasteiger partial charge < -0.3 is 14.6 Å². The van der Waals surface area contributed by atoms with Gasteiger partial charge in [0.15, 0.2) is 11.7 Å². The van der Waals surface area contributed by atoms with Crippen LogP contribution in [0.25, 0.3) is 11.6 Å². The summed E-state index contributed by atoms with van der Waals surface area (Å²) in [7, 11) is 1.85. The van der Waals surface area contributed by atoms with Crippen LogP contribution in [0, 0.1) is 11.8 Å². The van der Waals surface area contributed by atoms with Gasteiger partial charge in [-0.1, -0.05) is 6.42 Å². The minimum absolute atomic E-state index is 0.562. The Morgan fingerprint density at radius 3 is 2.86 bits per heavy atom. The van der Waals surface area contributed by atoms with Crippen LogP contribution in [-0.2, 0) is 6.54 Å². The quantitative estimate of drug-likeness (QED) is 0.620. The number of piperazine rings is 1. The average molecular weight is 384 g/mol. The molecule has 0 amide bonds. The number of hydrogen-bond donors (Lipinski definition) is 2. The van der Waals surface area contributed by atoms with E-state index in [0.717, 1.165) is 55.8 Å². The number of hydrogen-bond acceptors (Lipinski definition) is 5. The van der Waals surface area contributed by atoms with Crippen LogP contribution < -0.4 is 5.32 Å². The van der Waals surface area contributed by atoms with Gasteiger partial charge in [-0.05, 0) is 43.2 Å². The number of rotatable bonds is 4. The van der Waals surface area contributed by atoms with Crippen molar-refractivity contribution in [2.24, 2.45) is 16.8 Å². The molecule has 8 heteroatoms. The lowest BCUT2D eigenvalue weighted by Crippen LogP contribution is -2.55. The second kappa shape index (κ2) is 7.58. The predicted molar refractivity (Wildman–Crippen MR) is 107 cm³/mol. The van der Waals surface area contributed by atoms with E-state index >= 15 is 0 Å². The molecule has 5 rings (SSSR count). The van der Waals surface area contributed by atoms with Crippen LogP contribution in [0.15, 0.2) is 27.8 Å². The molecule has 0 aromatic carbocycles. The van der Waals surface area contributed by atoms with Gasteiger partial charge in [-0.2, -0.15) is 0 Å². The largest absolute Gasteiger partial charge is 0.461 e. The van der Waals surface area contributed by atoms with E-state index < -0.39 is 0 Å². The molecule has 2 aliphatic carbocycles. The Hall–Kier alpha value is -2.35. The molecule has 3 heterocycles. The monoisotopic (exact) mass is 383 g/mol. The van der Waals surface area contributed by atoms with E-state index in [9.17, 15) is 0 Å². The third-order valence-electron chi connectivity index (χ3n) is 6.68. The molecule has 2 aromatic rings. The number of aromatic nitrogens is 3. The summed E-state index contributed by atoms with van der Waals surface area (Å²) in [5, 5.41) is 10.6. The van der Waals surface area contributed by atoms with E-state index in [0.29, 0.717) is 18.1 Å². The molecule has 1 aliphatic heterocycles. The summed E-state index contributed by atoms with van der Waals surface area (Å²) in [6, 6.07) is 4.53. The van der Waals surface area contributed by atoms with E-state index in [2.05, 4.69) is 35.3 Å². The van der Waals surface area contributed by atoms with Crippen LogP contribution >= 0.6 is 0 Å². The van der Waals surface area contributed by atoms with Gasteiger partial charge in [0.2, 0.25) is 5.82 Å². The number of H-pyrrole nitrogens is 1. The zero-order chi connectivity index (χ0) is 18.9. The molecule has 28 heavy (non-hydrogen) atoms. The molecule has 0 radical (unpaired) electrons. The van der Waals surface area contributed by atoms with E-state index in [1.54, 1.807) is 6.26 Å². The summed E-state index contributed by atoms with van der Waals surface area (Å²) in [6.07, 6.45) is 7.46. The first-order valence-corrected chi connectivity index (χ1v) is 10.4. The number of furan rings is 1. The SMILES string of the molecule is CN=C(NCc1nc(-c2ccco2)n[nH]1)N1CCN(C2CC3CCC2C3)CC1. The van der Waals surface area contributed by atoms with Crippen LogP contribution in [0.1, 0.15) is 31.5 Å². The highest BCUT2D eigenvalue weighted by molar-refractivity contribution is 5.79. The van der Waals surface area contributed by atoms with Crippen molar-refractivity contribution in [2.45, 2.75) is 38.3 Å². The van der Waals surface area contributed by atoms with Gasteiger partial charge in [-0.25, -0.2) is 4.98 Å². The number of guanidine groups is 1. The maximum atomic E-state index is 5.34. The normalized spacial score (nSPS) is 28.2. The molecule has 2 aromatic heterocycles.